The van der Waals surface area contributed by atoms with Gasteiger partial charge >= 0.3 is 0 Å². The van der Waals surface area contributed by atoms with Crippen molar-refractivity contribution in [2.45, 2.75) is 32.7 Å². The standard InChI is InChI=1S/C20H26N6/c1-20(2,3)19-22-21-17-9-10-18(23-26(17)19)25-13-11-24(12-14-25)15-16-7-5-4-6-8-16/h4-10H,11-15H2,1-3H3. The van der Waals surface area contributed by atoms with Crippen LogP contribution in [0.2, 0.25) is 0 Å². The minimum absolute atomic E-state index is 0.0839. The largest absolute Gasteiger partial charge is 0.353 e. The predicted molar refractivity (Wildman–Crippen MR) is 103 cm³/mol. The predicted octanol–water partition coefficient (Wildman–Crippen LogP) is 2.74. The molecule has 4 rings (SSSR count). The van der Waals surface area contributed by atoms with Crippen LogP contribution in [-0.2, 0) is 12.0 Å². The van der Waals surface area contributed by atoms with Crippen LogP contribution in [-0.4, -0.2) is 50.9 Å². The van der Waals surface area contributed by atoms with E-state index in [0.717, 1.165) is 50.0 Å². The zero-order valence-corrected chi connectivity index (χ0v) is 15.8. The van der Waals surface area contributed by atoms with Crippen LogP contribution in [0.5, 0.6) is 0 Å². The first-order valence-electron chi connectivity index (χ1n) is 9.25. The maximum Gasteiger partial charge on any atom is 0.178 e. The smallest absolute Gasteiger partial charge is 0.178 e. The first kappa shape index (κ1) is 17.0. The zero-order chi connectivity index (χ0) is 18.1. The van der Waals surface area contributed by atoms with Crippen molar-refractivity contribution in [1.29, 1.82) is 0 Å². The summed E-state index contributed by atoms with van der Waals surface area (Å²) in [5, 5.41) is 13.4. The molecule has 2 aromatic heterocycles. The van der Waals surface area contributed by atoms with E-state index < -0.39 is 0 Å². The van der Waals surface area contributed by atoms with Gasteiger partial charge < -0.3 is 4.90 Å². The maximum absolute atomic E-state index is 4.83. The molecule has 0 unspecified atom stereocenters. The Morgan fingerprint density at radius 2 is 1.62 bits per heavy atom. The van der Waals surface area contributed by atoms with Gasteiger partial charge in [0, 0.05) is 38.1 Å². The van der Waals surface area contributed by atoms with E-state index >= 15 is 0 Å². The van der Waals surface area contributed by atoms with Crippen molar-refractivity contribution >= 4 is 11.5 Å². The maximum atomic E-state index is 4.83. The summed E-state index contributed by atoms with van der Waals surface area (Å²) in [6, 6.07) is 14.8. The number of anilines is 1. The summed E-state index contributed by atoms with van der Waals surface area (Å²) in [6.45, 7) is 11.5. The van der Waals surface area contributed by atoms with Crippen LogP contribution in [0.3, 0.4) is 0 Å². The third kappa shape index (κ3) is 3.42. The second kappa shape index (κ2) is 6.68. The van der Waals surface area contributed by atoms with Crippen LogP contribution in [0.1, 0.15) is 32.2 Å². The van der Waals surface area contributed by atoms with E-state index in [1.165, 1.54) is 5.56 Å². The van der Waals surface area contributed by atoms with Crippen LogP contribution >= 0.6 is 0 Å². The van der Waals surface area contributed by atoms with Crippen molar-refractivity contribution in [3.05, 3.63) is 53.9 Å². The number of aromatic nitrogens is 4. The second-order valence-corrected chi connectivity index (χ2v) is 7.98. The lowest BCUT2D eigenvalue weighted by Crippen LogP contribution is -2.46. The summed E-state index contributed by atoms with van der Waals surface area (Å²) in [5.74, 6) is 1.90. The minimum atomic E-state index is -0.0839. The van der Waals surface area contributed by atoms with E-state index in [1.807, 2.05) is 10.6 Å². The lowest BCUT2D eigenvalue weighted by Gasteiger charge is -2.35. The van der Waals surface area contributed by atoms with Crippen molar-refractivity contribution in [1.82, 2.24) is 24.7 Å². The molecule has 6 nitrogen and oxygen atoms in total. The van der Waals surface area contributed by atoms with E-state index in [1.54, 1.807) is 0 Å². The van der Waals surface area contributed by atoms with Gasteiger partial charge in [0.25, 0.3) is 0 Å². The molecule has 3 heterocycles. The monoisotopic (exact) mass is 350 g/mol. The molecule has 3 aromatic rings. The van der Waals surface area contributed by atoms with Crippen LogP contribution in [0, 0.1) is 0 Å². The van der Waals surface area contributed by atoms with Crippen molar-refractivity contribution in [2.75, 3.05) is 31.1 Å². The van der Waals surface area contributed by atoms with Gasteiger partial charge in [0.05, 0.1) is 0 Å². The highest BCUT2D eigenvalue weighted by Gasteiger charge is 2.23. The molecule has 0 bridgehead atoms. The Labute approximate surface area is 154 Å². The molecular formula is C20H26N6. The second-order valence-electron chi connectivity index (χ2n) is 7.98. The van der Waals surface area contributed by atoms with Crippen LogP contribution in [0.15, 0.2) is 42.5 Å². The number of hydrogen-bond acceptors (Lipinski definition) is 5. The average Bonchev–Trinajstić information content (AvgIpc) is 3.07. The fourth-order valence-electron chi connectivity index (χ4n) is 3.39. The minimum Gasteiger partial charge on any atom is -0.353 e. The molecule has 1 aliphatic rings. The number of hydrogen-bond donors (Lipinski definition) is 0. The quantitative estimate of drug-likeness (QED) is 0.727. The summed E-state index contributed by atoms with van der Waals surface area (Å²) < 4.78 is 1.89. The summed E-state index contributed by atoms with van der Waals surface area (Å²) in [5.41, 5.74) is 2.10. The molecule has 136 valence electrons. The Bertz CT molecular complexity index is 872. The van der Waals surface area contributed by atoms with Gasteiger partial charge in [-0.05, 0) is 17.7 Å². The topological polar surface area (TPSA) is 49.6 Å². The number of benzene rings is 1. The van der Waals surface area contributed by atoms with E-state index in [9.17, 15) is 0 Å². The number of fused-ring (bicyclic) bond motifs is 1. The Morgan fingerprint density at radius 3 is 2.31 bits per heavy atom. The molecule has 6 heteroatoms. The van der Waals surface area contributed by atoms with Gasteiger partial charge in [-0.3, -0.25) is 4.90 Å². The molecule has 0 atom stereocenters. The van der Waals surface area contributed by atoms with Gasteiger partial charge in [0.2, 0.25) is 0 Å². The van der Waals surface area contributed by atoms with E-state index in [4.69, 9.17) is 5.10 Å². The van der Waals surface area contributed by atoms with Crippen molar-refractivity contribution in [2.24, 2.45) is 0 Å². The van der Waals surface area contributed by atoms with Crippen molar-refractivity contribution in [3.8, 4) is 0 Å². The molecule has 0 radical (unpaired) electrons. The highest BCUT2D eigenvalue weighted by Crippen LogP contribution is 2.22. The van der Waals surface area contributed by atoms with Crippen LogP contribution < -0.4 is 4.90 Å². The third-order valence-corrected chi connectivity index (χ3v) is 4.86. The first-order valence-corrected chi connectivity index (χ1v) is 9.25. The Kier molecular flexibility index (Phi) is 4.36. The Hall–Kier alpha value is -2.47. The van der Waals surface area contributed by atoms with Crippen LogP contribution in [0.4, 0.5) is 5.82 Å². The summed E-state index contributed by atoms with van der Waals surface area (Å²) >= 11 is 0. The van der Waals surface area contributed by atoms with E-state index in [2.05, 4.69) is 77.2 Å². The van der Waals surface area contributed by atoms with Crippen molar-refractivity contribution < 1.29 is 0 Å². The Balaban J connectivity index is 1.47. The van der Waals surface area contributed by atoms with Gasteiger partial charge in [0.15, 0.2) is 11.5 Å². The van der Waals surface area contributed by atoms with E-state index in [0.29, 0.717) is 0 Å². The molecule has 0 N–H and O–H groups in total. The van der Waals surface area contributed by atoms with Crippen LogP contribution in [0.25, 0.3) is 5.65 Å². The van der Waals surface area contributed by atoms with Gasteiger partial charge in [-0.25, -0.2) is 0 Å². The van der Waals surface area contributed by atoms with Gasteiger partial charge in [0.1, 0.15) is 5.82 Å². The molecule has 0 amide bonds. The lowest BCUT2D eigenvalue weighted by molar-refractivity contribution is 0.249. The van der Waals surface area contributed by atoms with Gasteiger partial charge in [-0.15, -0.1) is 15.3 Å². The molecule has 0 saturated carbocycles. The lowest BCUT2D eigenvalue weighted by atomic mass is 9.96. The average molecular weight is 350 g/mol. The molecular weight excluding hydrogens is 324 g/mol. The molecule has 0 spiro atoms. The molecule has 1 aliphatic heterocycles. The van der Waals surface area contributed by atoms with Gasteiger partial charge in [-0.2, -0.15) is 4.52 Å². The SMILES string of the molecule is CC(C)(C)c1nnc2ccc(N3CCN(Cc4ccccc4)CC3)nn12. The fourth-order valence-corrected chi connectivity index (χ4v) is 3.39. The molecule has 1 fully saturated rings. The zero-order valence-electron chi connectivity index (χ0n) is 15.8. The van der Waals surface area contributed by atoms with Gasteiger partial charge in [-0.1, -0.05) is 51.1 Å². The summed E-state index contributed by atoms with van der Waals surface area (Å²) in [7, 11) is 0. The number of piperazine rings is 1. The molecule has 0 aliphatic carbocycles. The highest BCUT2D eigenvalue weighted by molar-refractivity contribution is 5.46. The summed E-state index contributed by atoms with van der Waals surface area (Å²) in [6.07, 6.45) is 0. The molecule has 26 heavy (non-hydrogen) atoms. The third-order valence-electron chi connectivity index (χ3n) is 4.86. The highest BCUT2D eigenvalue weighted by atomic mass is 15.4. The normalized spacial score (nSPS) is 16.3. The Morgan fingerprint density at radius 1 is 0.885 bits per heavy atom. The molecule has 1 saturated heterocycles. The van der Waals surface area contributed by atoms with Crippen molar-refractivity contribution in [3.63, 3.8) is 0 Å². The van der Waals surface area contributed by atoms with E-state index in [-0.39, 0.29) is 5.41 Å². The summed E-state index contributed by atoms with van der Waals surface area (Å²) in [4.78, 5) is 4.86. The first-order chi connectivity index (χ1) is 12.5. The number of rotatable bonds is 3. The molecule has 1 aromatic carbocycles. The fraction of sp³-hybridized carbons (Fsp3) is 0.450. The number of nitrogens with zero attached hydrogens (tertiary/aromatic N) is 6.